The molecule has 0 aliphatic rings. The molecular formula is C11H12O4. The summed E-state index contributed by atoms with van der Waals surface area (Å²) >= 11 is 0. The van der Waals surface area contributed by atoms with Gasteiger partial charge in [-0.2, -0.15) is 0 Å². The maximum Gasteiger partial charge on any atom is 0.307 e. The number of hydrogen-bond donors (Lipinski definition) is 3. The maximum absolute atomic E-state index is 10.2. The summed E-state index contributed by atoms with van der Waals surface area (Å²) in [6, 6.07) is 4.71. The van der Waals surface area contributed by atoms with Crippen LogP contribution in [0.5, 0.6) is 5.75 Å². The van der Waals surface area contributed by atoms with Gasteiger partial charge in [0.05, 0.1) is 13.0 Å². The Kier molecular flexibility index (Phi) is 3.88. The Balaban J connectivity index is 2.78. The third-order valence-corrected chi connectivity index (χ3v) is 1.88. The standard InChI is InChI=1S/C11H12O4/c12-7-9-6-8(4-5-10(9)13)2-1-3-11(14)15/h1-2,4-6,12-13H,3,7H2,(H,14,15). The molecule has 80 valence electrons. The van der Waals surface area contributed by atoms with Gasteiger partial charge in [0, 0.05) is 5.56 Å². The van der Waals surface area contributed by atoms with E-state index in [0.29, 0.717) is 5.56 Å². The molecule has 0 bridgehead atoms. The summed E-state index contributed by atoms with van der Waals surface area (Å²) in [5, 5.41) is 26.6. The Morgan fingerprint density at radius 1 is 1.40 bits per heavy atom. The van der Waals surface area contributed by atoms with E-state index in [1.165, 1.54) is 12.1 Å². The largest absolute Gasteiger partial charge is 0.508 e. The van der Waals surface area contributed by atoms with E-state index < -0.39 is 5.97 Å². The topological polar surface area (TPSA) is 77.8 Å². The molecule has 0 heterocycles. The molecule has 4 heteroatoms. The molecule has 3 N–H and O–H groups in total. The molecule has 0 atom stereocenters. The van der Waals surface area contributed by atoms with E-state index in [2.05, 4.69) is 0 Å². The summed E-state index contributed by atoms with van der Waals surface area (Å²) in [4.78, 5) is 10.2. The number of aliphatic hydroxyl groups excluding tert-OH is 1. The zero-order chi connectivity index (χ0) is 11.3. The first kappa shape index (κ1) is 11.3. The van der Waals surface area contributed by atoms with Crippen LogP contribution in [0.2, 0.25) is 0 Å². The van der Waals surface area contributed by atoms with Crippen LogP contribution in [0.4, 0.5) is 0 Å². The Morgan fingerprint density at radius 2 is 2.13 bits per heavy atom. The number of benzene rings is 1. The van der Waals surface area contributed by atoms with Gasteiger partial charge < -0.3 is 15.3 Å². The first-order chi connectivity index (χ1) is 7.13. The lowest BCUT2D eigenvalue weighted by Gasteiger charge is -2.01. The van der Waals surface area contributed by atoms with Crippen LogP contribution >= 0.6 is 0 Å². The van der Waals surface area contributed by atoms with Gasteiger partial charge in [0.25, 0.3) is 0 Å². The second kappa shape index (κ2) is 5.17. The van der Waals surface area contributed by atoms with Gasteiger partial charge >= 0.3 is 5.97 Å². The zero-order valence-corrected chi connectivity index (χ0v) is 8.05. The lowest BCUT2D eigenvalue weighted by atomic mass is 10.1. The molecule has 0 saturated carbocycles. The molecular weight excluding hydrogens is 196 g/mol. The molecule has 0 amide bonds. The quantitative estimate of drug-likeness (QED) is 0.698. The Morgan fingerprint density at radius 3 is 2.73 bits per heavy atom. The monoisotopic (exact) mass is 208 g/mol. The molecule has 1 rings (SSSR count). The molecule has 0 spiro atoms. The number of hydrogen-bond acceptors (Lipinski definition) is 3. The molecule has 4 nitrogen and oxygen atoms in total. The highest BCUT2D eigenvalue weighted by Crippen LogP contribution is 2.19. The minimum absolute atomic E-state index is 0.0351. The van der Waals surface area contributed by atoms with Crippen LogP contribution in [0.3, 0.4) is 0 Å². The fourth-order valence-electron chi connectivity index (χ4n) is 1.13. The summed E-state index contributed by atoms with van der Waals surface area (Å²) in [6.45, 7) is -0.244. The van der Waals surface area contributed by atoms with E-state index in [0.717, 1.165) is 5.56 Å². The van der Waals surface area contributed by atoms with Crippen LogP contribution < -0.4 is 0 Å². The number of aliphatic carboxylic acids is 1. The van der Waals surface area contributed by atoms with Crippen LogP contribution in [-0.2, 0) is 11.4 Å². The molecule has 15 heavy (non-hydrogen) atoms. The van der Waals surface area contributed by atoms with E-state index in [-0.39, 0.29) is 18.8 Å². The molecule has 0 aromatic heterocycles. The first-order valence-corrected chi connectivity index (χ1v) is 4.44. The molecule has 0 radical (unpaired) electrons. The summed E-state index contributed by atoms with van der Waals surface area (Å²) in [5.41, 5.74) is 1.17. The average Bonchev–Trinajstić information content (AvgIpc) is 2.20. The van der Waals surface area contributed by atoms with Crippen LogP contribution in [0.1, 0.15) is 17.5 Å². The molecule has 1 aromatic carbocycles. The fraction of sp³-hybridized carbons (Fsp3) is 0.182. The molecule has 0 unspecified atom stereocenters. The molecule has 0 fully saturated rings. The summed E-state index contributed by atoms with van der Waals surface area (Å²) < 4.78 is 0. The number of aromatic hydroxyl groups is 1. The minimum atomic E-state index is -0.896. The maximum atomic E-state index is 10.2. The lowest BCUT2D eigenvalue weighted by Crippen LogP contribution is -1.90. The van der Waals surface area contributed by atoms with Gasteiger partial charge in [0.1, 0.15) is 5.75 Å². The van der Waals surface area contributed by atoms with Crippen molar-refractivity contribution in [3.8, 4) is 5.75 Å². The van der Waals surface area contributed by atoms with E-state index >= 15 is 0 Å². The first-order valence-electron chi connectivity index (χ1n) is 4.44. The van der Waals surface area contributed by atoms with Crippen molar-refractivity contribution in [2.45, 2.75) is 13.0 Å². The highest BCUT2D eigenvalue weighted by molar-refractivity contribution is 5.70. The van der Waals surface area contributed by atoms with Gasteiger partial charge in [-0.3, -0.25) is 4.79 Å². The number of aliphatic hydroxyl groups is 1. The Bertz CT molecular complexity index is 382. The van der Waals surface area contributed by atoms with Crippen molar-refractivity contribution >= 4 is 12.0 Å². The summed E-state index contributed by atoms with van der Waals surface area (Å²) in [6.07, 6.45) is 3.10. The van der Waals surface area contributed by atoms with Crippen LogP contribution in [0.25, 0.3) is 6.08 Å². The van der Waals surface area contributed by atoms with Crippen LogP contribution in [-0.4, -0.2) is 21.3 Å². The predicted octanol–water partition coefficient (Wildman–Crippen LogP) is 1.37. The number of carboxylic acids is 1. The van der Waals surface area contributed by atoms with E-state index in [1.807, 2.05) is 0 Å². The van der Waals surface area contributed by atoms with Gasteiger partial charge in [-0.05, 0) is 17.7 Å². The molecule has 0 aliphatic heterocycles. The summed E-state index contributed by atoms with van der Waals surface area (Å²) in [5.74, 6) is -0.861. The van der Waals surface area contributed by atoms with Gasteiger partial charge in [-0.25, -0.2) is 0 Å². The Labute approximate surface area is 87.1 Å². The summed E-state index contributed by atoms with van der Waals surface area (Å²) in [7, 11) is 0. The van der Waals surface area contributed by atoms with Crippen molar-refractivity contribution in [3.05, 3.63) is 35.4 Å². The SMILES string of the molecule is O=C(O)CC=Cc1ccc(O)c(CO)c1. The van der Waals surface area contributed by atoms with Crippen molar-refractivity contribution in [1.82, 2.24) is 0 Å². The molecule has 1 aromatic rings. The van der Waals surface area contributed by atoms with Crippen LogP contribution in [0.15, 0.2) is 24.3 Å². The van der Waals surface area contributed by atoms with Crippen molar-refractivity contribution in [3.63, 3.8) is 0 Å². The number of rotatable bonds is 4. The van der Waals surface area contributed by atoms with Crippen molar-refractivity contribution in [2.75, 3.05) is 0 Å². The van der Waals surface area contributed by atoms with Crippen LogP contribution in [0, 0.1) is 0 Å². The van der Waals surface area contributed by atoms with E-state index in [4.69, 9.17) is 10.2 Å². The zero-order valence-electron chi connectivity index (χ0n) is 8.05. The van der Waals surface area contributed by atoms with Crippen molar-refractivity contribution in [1.29, 1.82) is 0 Å². The van der Waals surface area contributed by atoms with Gasteiger partial charge in [0.15, 0.2) is 0 Å². The Hall–Kier alpha value is -1.81. The van der Waals surface area contributed by atoms with Gasteiger partial charge in [0.2, 0.25) is 0 Å². The number of carbonyl (C=O) groups is 1. The predicted molar refractivity (Wildman–Crippen MR) is 55.3 cm³/mol. The van der Waals surface area contributed by atoms with Gasteiger partial charge in [-0.1, -0.05) is 18.2 Å². The van der Waals surface area contributed by atoms with Gasteiger partial charge in [-0.15, -0.1) is 0 Å². The second-order valence-corrected chi connectivity index (χ2v) is 3.05. The lowest BCUT2D eigenvalue weighted by molar-refractivity contribution is -0.135. The number of phenols is 1. The molecule has 0 aliphatic carbocycles. The third-order valence-electron chi connectivity index (χ3n) is 1.88. The van der Waals surface area contributed by atoms with Crippen molar-refractivity contribution in [2.24, 2.45) is 0 Å². The second-order valence-electron chi connectivity index (χ2n) is 3.05. The fourth-order valence-corrected chi connectivity index (χ4v) is 1.13. The van der Waals surface area contributed by atoms with Crippen molar-refractivity contribution < 1.29 is 20.1 Å². The van der Waals surface area contributed by atoms with E-state index in [1.54, 1.807) is 18.2 Å². The smallest absolute Gasteiger partial charge is 0.307 e. The highest BCUT2D eigenvalue weighted by Gasteiger charge is 1.99. The minimum Gasteiger partial charge on any atom is -0.508 e. The van der Waals surface area contributed by atoms with E-state index in [9.17, 15) is 9.90 Å². The highest BCUT2D eigenvalue weighted by atomic mass is 16.4. The normalized spacial score (nSPS) is 10.7. The third kappa shape index (κ3) is 3.44. The molecule has 0 saturated heterocycles. The average molecular weight is 208 g/mol. The number of carboxylic acid groups (broad SMARTS) is 1.